The Bertz CT molecular complexity index is 691. The van der Waals surface area contributed by atoms with Crippen molar-refractivity contribution in [1.29, 1.82) is 0 Å². The van der Waals surface area contributed by atoms with Crippen molar-refractivity contribution < 1.29 is 19.6 Å². The second kappa shape index (κ2) is 16.3. The summed E-state index contributed by atoms with van der Waals surface area (Å²) < 4.78 is 0. The van der Waals surface area contributed by atoms with Crippen molar-refractivity contribution in [1.82, 2.24) is 5.32 Å². The van der Waals surface area contributed by atoms with Crippen LogP contribution in [0.1, 0.15) is 118 Å². The first-order chi connectivity index (χ1) is 15.0. The number of hydrogen-bond acceptors (Lipinski definition) is 4. The minimum atomic E-state index is -1.28. The van der Waals surface area contributed by atoms with Gasteiger partial charge >= 0.3 is 5.97 Å². The van der Waals surface area contributed by atoms with Crippen LogP contribution >= 0.6 is 0 Å². The van der Waals surface area contributed by atoms with Crippen molar-refractivity contribution in [2.24, 2.45) is 0 Å². The fourth-order valence-corrected chi connectivity index (χ4v) is 3.64. The summed E-state index contributed by atoms with van der Waals surface area (Å²) in [5.74, 6) is -1.87. The van der Waals surface area contributed by atoms with E-state index in [2.05, 4.69) is 12.2 Å². The van der Waals surface area contributed by atoms with Gasteiger partial charge in [0.2, 0.25) is 0 Å². The van der Waals surface area contributed by atoms with Gasteiger partial charge in [0.15, 0.2) is 0 Å². The molecule has 0 aromatic heterocycles. The van der Waals surface area contributed by atoms with Crippen LogP contribution in [-0.2, 0) is 0 Å². The zero-order valence-corrected chi connectivity index (χ0v) is 18.9. The van der Waals surface area contributed by atoms with E-state index in [9.17, 15) is 24.8 Å². The maximum atomic E-state index is 12.3. The SMILES string of the molecule is CCCCCCCCCCCCCCCCNC(=O)c1cc([N+](=O)[O-])ccc1C(=O)O. The number of rotatable bonds is 18. The van der Waals surface area contributed by atoms with Gasteiger partial charge in [-0.1, -0.05) is 90.4 Å². The molecular formula is C24H38N2O5. The van der Waals surface area contributed by atoms with Crippen LogP contribution in [0, 0.1) is 10.1 Å². The number of non-ortho nitro benzene ring substituents is 1. The molecule has 31 heavy (non-hydrogen) atoms. The third-order valence-electron chi connectivity index (χ3n) is 5.50. The molecule has 0 aliphatic heterocycles. The van der Waals surface area contributed by atoms with E-state index in [4.69, 9.17) is 0 Å². The van der Waals surface area contributed by atoms with Gasteiger partial charge in [-0.2, -0.15) is 0 Å². The smallest absolute Gasteiger partial charge is 0.336 e. The Morgan fingerprint density at radius 2 is 1.32 bits per heavy atom. The van der Waals surface area contributed by atoms with E-state index >= 15 is 0 Å². The fourth-order valence-electron chi connectivity index (χ4n) is 3.64. The number of hydrogen-bond donors (Lipinski definition) is 2. The molecule has 0 saturated heterocycles. The second-order valence-corrected chi connectivity index (χ2v) is 8.14. The highest BCUT2D eigenvalue weighted by Crippen LogP contribution is 2.18. The summed E-state index contributed by atoms with van der Waals surface area (Å²) in [7, 11) is 0. The minimum absolute atomic E-state index is 0.174. The highest BCUT2D eigenvalue weighted by Gasteiger charge is 2.20. The quantitative estimate of drug-likeness (QED) is 0.156. The lowest BCUT2D eigenvalue weighted by Crippen LogP contribution is -2.26. The van der Waals surface area contributed by atoms with Crippen molar-refractivity contribution in [3.05, 3.63) is 39.4 Å². The lowest BCUT2D eigenvalue weighted by molar-refractivity contribution is -0.384. The van der Waals surface area contributed by atoms with Crippen LogP contribution in [0.25, 0.3) is 0 Å². The molecule has 1 aromatic carbocycles. The van der Waals surface area contributed by atoms with Gasteiger partial charge in [0.25, 0.3) is 11.6 Å². The Hall–Kier alpha value is -2.44. The van der Waals surface area contributed by atoms with Crippen LogP contribution in [0.4, 0.5) is 5.69 Å². The van der Waals surface area contributed by atoms with Crippen LogP contribution in [0.5, 0.6) is 0 Å². The van der Waals surface area contributed by atoms with Gasteiger partial charge in [0.05, 0.1) is 16.1 Å². The molecule has 1 aromatic rings. The van der Waals surface area contributed by atoms with Gasteiger partial charge in [-0.25, -0.2) is 4.79 Å². The Balaban J connectivity index is 2.12. The van der Waals surface area contributed by atoms with E-state index in [-0.39, 0.29) is 16.8 Å². The monoisotopic (exact) mass is 434 g/mol. The van der Waals surface area contributed by atoms with Crippen LogP contribution in [0.15, 0.2) is 18.2 Å². The summed E-state index contributed by atoms with van der Waals surface area (Å²) in [5, 5.41) is 22.8. The summed E-state index contributed by atoms with van der Waals surface area (Å²) in [6.45, 7) is 2.67. The first-order valence-corrected chi connectivity index (χ1v) is 11.8. The van der Waals surface area contributed by atoms with Crippen molar-refractivity contribution >= 4 is 17.6 Å². The standard InChI is InChI=1S/C24H38N2O5/c1-2-3-4-5-6-7-8-9-10-11-12-13-14-15-18-25-23(27)22-19-20(26(30)31)16-17-21(22)24(28)29/h16-17,19H,2-15,18H2,1H3,(H,25,27)(H,28,29). The zero-order chi connectivity index (χ0) is 22.9. The molecule has 0 aliphatic carbocycles. The number of carboxylic acid groups (broad SMARTS) is 1. The number of unbranched alkanes of at least 4 members (excludes halogenated alkanes) is 13. The molecule has 0 spiro atoms. The Morgan fingerprint density at radius 3 is 1.77 bits per heavy atom. The number of carbonyl (C=O) groups excluding carboxylic acids is 1. The lowest BCUT2D eigenvalue weighted by atomic mass is 10.0. The van der Waals surface area contributed by atoms with Crippen LogP contribution in [0.2, 0.25) is 0 Å². The van der Waals surface area contributed by atoms with Gasteiger partial charge in [0, 0.05) is 18.7 Å². The number of carbonyl (C=O) groups is 2. The molecule has 174 valence electrons. The van der Waals surface area contributed by atoms with E-state index in [0.29, 0.717) is 6.54 Å². The summed E-state index contributed by atoms with van der Waals surface area (Å²) in [5.41, 5.74) is -0.706. The molecule has 1 amide bonds. The van der Waals surface area contributed by atoms with Crippen molar-refractivity contribution in [3.63, 3.8) is 0 Å². The highest BCUT2D eigenvalue weighted by molar-refractivity contribution is 6.05. The molecule has 2 N–H and O–H groups in total. The summed E-state index contributed by atoms with van der Waals surface area (Å²) in [4.78, 5) is 33.8. The number of nitro benzene ring substituents is 1. The molecule has 0 unspecified atom stereocenters. The molecule has 0 aliphatic rings. The first kappa shape index (κ1) is 26.6. The second-order valence-electron chi connectivity index (χ2n) is 8.14. The van der Waals surface area contributed by atoms with Gasteiger partial charge in [-0.15, -0.1) is 0 Å². The molecule has 7 nitrogen and oxygen atoms in total. The molecular weight excluding hydrogens is 396 g/mol. The third-order valence-corrected chi connectivity index (χ3v) is 5.50. The number of amides is 1. The van der Waals surface area contributed by atoms with Crippen molar-refractivity contribution in [3.8, 4) is 0 Å². The fraction of sp³-hybridized carbons (Fsp3) is 0.667. The normalized spacial score (nSPS) is 10.7. The van der Waals surface area contributed by atoms with Crippen LogP contribution < -0.4 is 5.32 Å². The summed E-state index contributed by atoms with van der Waals surface area (Å²) >= 11 is 0. The van der Waals surface area contributed by atoms with E-state index in [0.717, 1.165) is 37.5 Å². The topological polar surface area (TPSA) is 110 Å². The Kier molecular flexibility index (Phi) is 14.0. The van der Waals surface area contributed by atoms with Gasteiger partial charge in [-0.3, -0.25) is 14.9 Å². The Labute approximate surface area is 185 Å². The Morgan fingerprint density at radius 1 is 0.839 bits per heavy atom. The van der Waals surface area contributed by atoms with Crippen molar-refractivity contribution in [2.75, 3.05) is 6.54 Å². The molecule has 7 heteroatoms. The third kappa shape index (κ3) is 11.5. The minimum Gasteiger partial charge on any atom is -0.478 e. The predicted molar refractivity (Wildman–Crippen MR) is 123 cm³/mol. The number of nitrogens with one attached hydrogen (secondary N) is 1. The number of benzene rings is 1. The van der Waals surface area contributed by atoms with Crippen LogP contribution in [0.3, 0.4) is 0 Å². The molecule has 0 heterocycles. The maximum Gasteiger partial charge on any atom is 0.336 e. The highest BCUT2D eigenvalue weighted by atomic mass is 16.6. The molecule has 0 atom stereocenters. The number of aromatic carboxylic acids is 1. The molecule has 0 bridgehead atoms. The average Bonchev–Trinajstić information content (AvgIpc) is 2.75. The van der Waals surface area contributed by atoms with E-state index in [1.165, 1.54) is 70.6 Å². The molecule has 1 rings (SSSR count). The van der Waals surface area contributed by atoms with Crippen LogP contribution in [-0.4, -0.2) is 28.5 Å². The van der Waals surface area contributed by atoms with E-state index in [1.54, 1.807) is 0 Å². The van der Waals surface area contributed by atoms with Gasteiger partial charge in [-0.05, 0) is 12.5 Å². The number of nitro groups is 1. The average molecular weight is 435 g/mol. The number of carboxylic acids is 1. The molecule has 0 radical (unpaired) electrons. The summed E-state index contributed by atoms with van der Waals surface area (Å²) in [6.07, 6.45) is 17.5. The summed E-state index contributed by atoms with van der Waals surface area (Å²) in [6, 6.07) is 3.21. The van der Waals surface area contributed by atoms with E-state index in [1.807, 2.05) is 0 Å². The lowest BCUT2D eigenvalue weighted by Gasteiger charge is -2.08. The maximum absolute atomic E-state index is 12.3. The first-order valence-electron chi connectivity index (χ1n) is 11.8. The zero-order valence-electron chi connectivity index (χ0n) is 18.9. The molecule has 0 saturated carbocycles. The molecule has 0 fully saturated rings. The van der Waals surface area contributed by atoms with Gasteiger partial charge < -0.3 is 10.4 Å². The van der Waals surface area contributed by atoms with Gasteiger partial charge in [0.1, 0.15) is 0 Å². The number of nitrogens with zero attached hydrogens (tertiary/aromatic N) is 1. The predicted octanol–water partition coefficient (Wildman–Crippen LogP) is 6.50. The largest absolute Gasteiger partial charge is 0.478 e. The van der Waals surface area contributed by atoms with Crippen molar-refractivity contribution in [2.45, 2.75) is 96.8 Å². The van der Waals surface area contributed by atoms with E-state index < -0.39 is 16.8 Å².